The summed E-state index contributed by atoms with van der Waals surface area (Å²) in [4.78, 5) is 39.0. The first kappa shape index (κ1) is 27.1. The maximum absolute atomic E-state index is 13.4. The van der Waals surface area contributed by atoms with Crippen molar-refractivity contribution in [2.45, 2.75) is 31.1 Å². The lowest BCUT2D eigenvalue weighted by Gasteiger charge is -2.18. The fraction of sp³-hybridized carbons (Fsp3) is 0.269. The molecule has 0 spiro atoms. The quantitative estimate of drug-likeness (QED) is 0.390. The summed E-state index contributed by atoms with van der Waals surface area (Å²) < 4.78 is 38.1. The third kappa shape index (κ3) is 5.81. The zero-order valence-corrected chi connectivity index (χ0v) is 22.6. The molecule has 38 heavy (non-hydrogen) atoms. The highest BCUT2D eigenvalue weighted by molar-refractivity contribution is 7.92. The second kappa shape index (κ2) is 11.2. The minimum atomic E-state index is -4.01. The van der Waals surface area contributed by atoms with Crippen molar-refractivity contribution < 1.29 is 32.3 Å². The van der Waals surface area contributed by atoms with Crippen molar-refractivity contribution in [1.82, 2.24) is 5.32 Å². The lowest BCUT2D eigenvalue weighted by Crippen LogP contribution is -2.31. The number of nitrogens with one attached hydrogen (secondary N) is 3. The molecular formula is C26H27N3O7S2. The molecule has 3 N–H and O–H groups in total. The number of benzene rings is 2. The Labute approximate surface area is 224 Å². The number of ether oxygens (including phenoxy) is 2. The summed E-state index contributed by atoms with van der Waals surface area (Å²) in [6.07, 6.45) is 1.33. The van der Waals surface area contributed by atoms with E-state index in [0.29, 0.717) is 18.1 Å². The highest BCUT2D eigenvalue weighted by Gasteiger charge is 2.30. The van der Waals surface area contributed by atoms with Crippen LogP contribution in [0.3, 0.4) is 0 Å². The largest absolute Gasteiger partial charge is 0.497 e. The van der Waals surface area contributed by atoms with Gasteiger partial charge in [0, 0.05) is 4.88 Å². The summed E-state index contributed by atoms with van der Waals surface area (Å²) in [6.45, 7) is 2.11. The molecule has 3 amide bonds. The highest BCUT2D eigenvalue weighted by atomic mass is 32.2. The number of para-hydroxylation sites is 1. The molecule has 1 heterocycles. The fourth-order valence-electron chi connectivity index (χ4n) is 4.18. The Hall–Kier alpha value is -3.90. The maximum atomic E-state index is 13.4. The monoisotopic (exact) mass is 557 g/mol. The van der Waals surface area contributed by atoms with E-state index in [2.05, 4.69) is 27.0 Å². The summed E-state index contributed by atoms with van der Waals surface area (Å²) in [7, 11) is -1.38. The van der Waals surface area contributed by atoms with Crippen LogP contribution in [0.5, 0.6) is 5.75 Å². The summed E-state index contributed by atoms with van der Waals surface area (Å²) in [5.41, 5.74) is 1.13. The standard InChI is InChI=1S/C26H27N3O7S2/c1-15-8-13-19-21(14-15)37-25(22(19)24(31)28-26(32)36-3)27-23(30)18-6-4-5-7-20(18)29-38(33,34)17-11-9-16(35-2)10-12-17/h4-7,9-12,15,29H,8,13-14H2,1-3H3,(H,27,30)(H,28,31,32). The molecule has 12 heteroatoms. The van der Waals surface area contributed by atoms with Crippen LogP contribution in [0, 0.1) is 5.92 Å². The van der Waals surface area contributed by atoms with Crippen LogP contribution in [0.2, 0.25) is 0 Å². The number of fused-ring (bicyclic) bond motifs is 1. The third-order valence-electron chi connectivity index (χ3n) is 6.15. The van der Waals surface area contributed by atoms with Gasteiger partial charge in [-0.2, -0.15) is 0 Å². The molecule has 1 aliphatic rings. The molecule has 0 bridgehead atoms. The van der Waals surface area contributed by atoms with E-state index in [1.54, 1.807) is 12.1 Å². The van der Waals surface area contributed by atoms with Gasteiger partial charge in [-0.1, -0.05) is 19.1 Å². The highest BCUT2D eigenvalue weighted by Crippen LogP contribution is 2.40. The van der Waals surface area contributed by atoms with Crippen molar-refractivity contribution in [3.05, 3.63) is 70.1 Å². The first-order chi connectivity index (χ1) is 18.1. The first-order valence-electron chi connectivity index (χ1n) is 11.7. The van der Waals surface area contributed by atoms with Gasteiger partial charge in [-0.15, -0.1) is 11.3 Å². The van der Waals surface area contributed by atoms with Crippen molar-refractivity contribution in [2.75, 3.05) is 24.3 Å². The Balaban J connectivity index is 1.64. The smallest absolute Gasteiger partial charge is 0.413 e. The lowest BCUT2D eigenvalue weighted by atomic mass is 9.88. The minimum absolute atomic E-state index is 0.00432. The van der Waals surface area contributed by atoms with E-state index in [9.17, 15) is 22.8 Å². The van der Waals surface area contributed by atoms with Crippen molar-refractivity contribution in [2.24, 2.45) is 5.92 Å². The van der Waals surface area contributed by atoms with Gasteiger partial charge in [-0.05, 0) is 67.1 Å². The topological polar surface area (TPSA) is 140 Å². The van der Waals surface area contributed by atoms with Gasteiger partial charge in [0.1, 0.15) is 10.8 Å². The van der Waals surface area contributed by atoms with E-state index < -0.39 is 27.9 Å². The van der Waals surface area contributed by atoms with Gasteiger partial charge in [-0.25, -0.2) is 13.2 Å². The SMILES string of the molecule is COC(=O)NC(=O)c1c(NC(=O)c2ccccc2NS(=O)(=O)c2ccc(OC)cc2)sc2c1CCC(C)C2. The summed E-state index contributed by atoms with van der Waals surface area (Å²) >= 11 is 1.28. The predicted molar refractivity (Wildman–Crippen MR) is 144 cm³/mol. The fourth-order valence-corrected chi connectivity index (χ4v) is 6.67. The predicted octanol–water partition coefficient (Wildman–Crippen LogP) is 4.43. The second-order valence-electron chi connectivity index (χ2n) is 8.78. The maximum Gasteiger partial charge on any atom is 0.413 e. The lowest BCUT2D eigenvalue weighted by molar-refractivity contribution is 0.0936. The number of amides is 3. The number of imide groups is 1. The van der Waals surface area contributed by atoms with E-state index in [0.717, 1.165) is 30.4 Å². The van der Waals surface area contributed by atoms with Crippen molar-refractivity contribution in [1.29, 1.82) is 0 Å². The molecule has 0 aliphatic heterocycles. The van der Waals surface area contributed by atoms with Crippen LogP contribution in [0.25, 0.3) is 0 Å². The number of rotatable bonds is 7. The van der Waals surface area contributed by atoms with Crippen LogP contribution in [0.15, 0.2) is 53.4 Å². The molecule has 10 nitrogen and oxygen atoms in total. The van der Waals surface area contributed by atoms with E-state index in [1.807, 2.05) is 0 Å². The molecule has 1 unspecified atom stereocenters. The summed E-state index contributed by atoms with van der Waals surface area (Å²) in [5.74, 6) is -0.373. The van der Waals surface area contributed by atoms with Gasteiger partial charge in [-0.3, -0.25) is 19.6 Å². The Bertz CT molecular complexity index is 1480. The molecule has 1 aromatic heterocycles. The van der Waals surface area contributed by atoms with Crippen molar-refractivity contribution >= 4 is 50.0 Å². The first-order valence-corrected chi connectivity index (χ1v) is 14.0. The van der Waals surface area contributed by atoms with Crippen LogP contribution in [-0.4, -0.2) is 40.5 Å². The van der Waals surface area contributed by atoms with E-state index in [-0.39, 0.29) is 26.7 Å². The van der Waals surface area contributed by atoms with Crippen LogP contribution in [-0.2, 0) is 27.6 Å². The number of sulfonamides is 1. The van der Waals surface area contributed by atoms with E-state index in [4.69, 9.17) is 4.74 Å². The van der Waals surface area contributed by atoms with Crippen LogP contribution < -0.4 is 20.1 Å². The number of anilines is 2. The van der Waals surface area contributed by atoms with Gasteiger partial charge in [0.25, 0.3) is 21.8 Å². The average molecular weight is 558 g/mol. The number of carbonyl (C=O) groups excluding carboxylic acids is 3. The second-order valence-corrected chi connectivity index (χ2v) is 11.6. The van der Waals surface area contributed by atoms with Gasteiger partial charge in [0.15, 0.2) is 0 Å². The summed E-state index contributed by atoms with van der Waals surface area (Å²) in [6, 6.07) is 12.0. The normalized spacial score (nSPS) is 14.7. The van der Waals surface area contributed by atoms with Crippen LogP contribution in [0.4, 0.5) is 15.5 Å². The number of thiophene rings is 1. The molecule has 1 aliphatic carbocycles. The zero-order chi connectivity index (χ0) is 27.4. The molecule has 0 radical (unpaired) electrons. The molecule has 2 aromatic carbocycles. The molecule has 0 saturated carbocycles. The molecule has 0 fully saturated rings. The van der Waals surface area contributed by atoms with Crippen LogP contribution in [0.1, 0.15) is 44.5 Å². The van der Waals surface area contributed by atoms with Gasteiger partial charge < -0.3 is 14.8 Å². The Morgan fingerprint density at radius 1 is 1.00 bits per heavy atom. The van der Waals surface area contributed by atoms with Crippen molar-refractivity contribution in [3.8, 4) is 5.75 Å². The molecule has 0 saturated heterocycles. The molecule has 1 atom stereocenters. The third-order valence-corrected chi connectivity index (χ3v) is 8.70. The number of alkyl carbamates (subject to hydrolysis) is 1. The molecule has 200 valence electrons. The number of hydrogen-bond acceptors (Lipinski definition) is 8. The number of carbonyl (C=O) groups is 3. The van der Waals surface area contributed by atoms with Crippen molar-refractivity contribution in [3.63, 3.8) is 0 Å². The number of methoxy groups -OCH3 is 2. The molecular weight excluding hydrogens is 530 g/mol. The van der Waals surface area contributed by atoms with E-state index in [1.165, 1.54) is 54.8 Å². The Kier molecular flexibility index (Phi) is 8.02. The average Bonchev–Trinajstić information content (AvgIpc) is 3.25. The summed E-state index contributed by atoms with van der Waals surface area (Å²) in [5, 5.41) is 5.22. The van der Waals surface area contributed by atoms with Gasteiger partial charge in [0.2, 0.25) is 0 Å². The minimum Gasteiger partial charge on any atom is -0.497 e. The zero-order valence-electron chi connectivity index (χ0n) is 21.0. The number of hydrogen-bond donors (Lipinski definition) is 3. The van der Waals surface area contributed by atoms with Gasteiger partial charge in [0.05, 0.1) is 35.9 Å². The Morgan fingerprint density at radius 3 is 2.39 bits per heavy atom. The molecule has 4 rings (SSSR count). The molecule has 3 aromatic rings. The van der Waals surface area contributed by atoms with E-state index >= 15 is 0 Å². The van der Waals surface area contributed by atoms with Crippen LogP contribution >= 0.6 is 11.3 Å². The Morgan fingerprint density at radius 2 is 1.71 bits per heavy atom. The van der Waals surface area contributed by atoms with Gasteiger partial charge >= 0.3 is 6.09 Å².